The number of carbonyl (C=O) groups is 2. The van der Waals surface area contributed by atoms with Crippen molar-refractivity contribution in [3.05, 3.63) is 23.8 Å². The van der Waals surface area contributed by atoms with Crippen molar-refractivity contribution < 1.29 is 14.3 Å². The molecule has 0 aromatic rings. The first-order valence-electron chi connectivity index (χ1n) is 15.4. The maximum Gasteiger partial charge on any atom is 0.330 e. The van der Waals surface area contributed by atoms with Crippen LogP contribution in [0.2, 0.25) is 0 Å². The van der Waals surface area contributed by atoms with Gasteiger partial charge in [0.05, 0.1) is 7.11 Å². The fraction of sp³-hybridized carbons (Fsp3) is 0.714. The molecule has 0 radical (unpaired) electrons. The lowest BCUT2D eigenvalue weighted by molar-refractivity contribution is -0.134. The third-order valence-electron chi connectivity index (χ3n) is 7.04. The zero-order chi connectivity index (χ0) is 41.6. The smallest absolute Gasteiger partial charge is 0.330 e. The lowest BCUT2D eigenvalue weighted by atomic mass is 9.93. The molecule has 0 rings (SSSR count). The van der Waals surface area contributed by atoms with Crippen molar-refractivity contribution in [1.29, 1.82) is 0 Å². The Labute approximate surface area is 370 Å². The average molecular weight is 1240 g/mol. The number of carbonyl (C=O) groups excluding carboxylic acids is 2. The summed E-state index contributed by atoms with van der Waals surface area (Å²) in [5, 5.41) is 0. The maximum absolute atomic E-state index is 11.0. The minimum absolute atomic E-state index is 0.00189. The summed E-state index contributed by atoms with van der Waals surface area (Å²) in [6, 6.07) is 0. The van der Waals surface area contributed by atoms with Crippen molar-refractivity contribution in [2.75, 3.05) is 7.11 Å². The number of aldehydes is 1. The molecule has 21 atom stereocenters. The molecule has 0 aromatic carbocycles. The molecule has 310 valence electrons. The summed E-state index contributed by atoms with van der Waals surface area (Å²) in [7, 11) is 50.4. The molecule has 0 bridgehead atoms. The molecule has 0 aliphatic carbocycles. The SMILES string of the molecule is CC[C@H](C)[C@@H](C)/C=C/C/C(C)=C/C(=O)OC.CC[C@H](C)[C@@H](C)C=O.PP(P)P(P)P(P(P(P)P)P(P)P)P(P(P(P)P)P(P)P)P(P(P)P)P(P)P. The highest BCUT2D eigenvalue weighted by molar-refractivity contribution is 9.42. The van der Waals surface area contributed by atoms with E-state index in [0.717, 1.165) is 24.7 Å². The van der Waals surface area contributed by atoms with E-state index in [2.05, 4.69) is 185 Å². The fourth-order valence-electron chi connectivity index (χ4n) is 3.31. The fourth-order valence-corrected chi connectivity index (χ4v) is 355. The van der Waals surface area contributed by atoms with Gasteiger partial charge in [-0.05, 0) is 122 Å². The summed E-state index contributed by atoms with van der Waals surface area (Å²) in [5.41, 5.74) is 1.03. The molecule has 31 heteroatoms. The summed E-state index contributed by atoms with van der Waals surface area (Å²) >= 11 is 0. The third kappa shape index (κ3) is 30.1. The minimum atomic E-state index is -0.277. The molecule has 0 aromatic heterocycles. The average Bonchev–Trinajstić information content (AvgIpc) is 3.04. The van der Waals surface area contributed by atoms with Gasteiger partial charge in [-0.25, -0.2) is 4.79 Å². The third-order valence-corrected chi connectivity index (χ3v) is 191. The number of esters is 1. The van der Waals surface area contributed by atoms with E-state index in [-0.39, 0.29) is 103 Å². The summed E-state index contributed by atoms with van der Waals surface area (Å²) in [5.74, 6) is 1.81. The quantitative estimate of drug-likeness (QED) is 0.0378. The van der Waals surface area contributed by atoms with Gasteiger partial charge in [-0.1, -0.05) is 72.1 Å². The van der Waals surface area contributed by atoms with Crippen molar-refractivity contribution in [2.24, 2.45) is 23.7 Å². The Balaban J connectivity index is -0.000000833. The number of allylic oxidation sites excluding steroid dienone is 3. The predicted molar refractivity (Wildman–Crippen MR) is 338 cm³/mol. The molecule has 0 saturated carbocycles. The van der Waals surface area contributed by atoms with E-state index < -0.39 is 0 Å². The van der Waals surface area contributed by atoms with Crippen LogP contribution in [0.4, 0.5) is 0 Å². The second kappa shape index (κ2) is 39.6. The van der Waals surface area contributed by atoms with Crippen LogP contribution in [0.15, 0.2) is 23.8 Å². The first-order chi connectivity index (χ1) is 23.9. The summed E-state index contributed by atoms with van der Waals surface area (Å²) in [6.07, 6.45) is 10.0. The van der Waals surface area contributed by atoms with Crippen molar-refractivity contribution in [3.63, 3.8) is 0 Å². The zero-order valence-corrected chi connectivity index (χ0v) is 60.4. The maximum atomic E-state index is 11.0. The lowest BCUT2D eigenvalue weighted by Gasteiger charge is -2.51. The minimum Gasteiger partial charge on any atom is -0.466 e. The Morgan fingerprint density at radius 3 is 1.19 bits per heavy atom. The van der Waals surface area contributed by atoms with E-state index in [9.17, 15) is 9.59 Å². The second-order valence-electron chi connectivity index (χ2n) is 11.1. The number of hydrogen-bond donors (Lipinski definition) is 0. The van der Waals surface area contributed by atoms with Crippen molar-refractivity contribution in [3.8, 4) is 0 Å². The highest BCUT2D eigenvalue weighted by Crippen LogP contribution is 3.37. The molecular formula is C21H68O3P28. The largest absolute Gasteiger partial charge is 0.466 e. The summed E-state index contributed by atoms with van der Waals surface area (Å²) in [4.78, 5) is 21.1. The van der Waals surface area contributed by atoms with Crippen LogP contribution in [0.3, 0.4) is 0 Å². The van der Waals surface area contributed by atoms with Crippen LogP contribution in [0.25, 0.3) is 0 Å². The van der Waals surface area contributed by atoms with Gasteiger partial charge in [0.25, 0.3) is 0 Å². The van der Waals surface area contributed by atoms with E-state index in [1.807, 2.05) is 13.8 Å². The molecule has 0 aliphatic rings. The van der Waals surface area contributed by atoms with E-state index in [1.54, 1.807) is 0 Å². The Morgan fingerprint density at radius 1 is 0.577 bits per heavy atom. The van der Waals surface area contributed by atoms with E-state index in [4.69, 9.17) is 0 Å². The van der Waals surface area contributed by atoms with Crippen LogP contribution in [-0.2, 0) is 14.3 Å². The van der Waals surface area contributed by atoms with E-state index in [1.165, 1.54) is 19.6 Å². The highest BCUT2D eigenvalue weighted by Gasteiger charge is 2.49. The number of rotatable bonds is 21. The molecule has 0 saturated heterocycles. The Morgan fingerprint density at radius 2 is 0.923 bits per heavy atom. The molecule has 0 aliphatic heterocycles. The van der Waals surface area contributed by atoms with Gasteiger partial charge in [-0.15, -0.1) is 134 Å². The van der Waals surface area contributed by atoms with Crippen LogP contribution < -0.4 is 0 Å². The molecule has 0 spiro atoms. The van der Waals surface area contributed by atoms with Crippen LogP contribution in [0.5, 0.6) is 0 Å². The first kappa shape index (κ1) is 66.9. The van der Waals surface area contributed by atoms with Crippen molar-refractivity contribution in [2.45, 2.75) is 67.7 Å². The molecular weight excluding hydrogens is 1170 g/mol. The molecule has 0 heterocycles. The molecule has 0 fully saturated rings. The van der Waals surface area contributed by atoms with Gasteiger partial charge in [0.2, 0.25) is 0 Å². The lowest BCUT2D eigenvalue weighted by Crippen LogP contribution is -2.06. The van der Waals surface area contributed by atoms with Gasteiger partial charge < -0.3 is 9.53 Å². The van der Waals surface area contributed by atoms with Gasteiger partial charge in [0, 0.05) is 12.0 Å². The predicted octanol–water partition coefficient (Wildman–Crippen LogP) is 21.7. The first-order valence-corrected chi connectivity index (χ1v) is 65.6. The van der Waals surface area contributed by atoms with Crippen LogP contribution in [0.1, 0.15) is 67.7 Å². The van der Waals surface area contributed by atoms with E-state index >= 15 is 0 Å². The van der Waals surface area contributed by atoms with Crippen LogP contribution in [-0.4, -0.2) is 19.4 Å². The monoisotopic (exact) mass is 1240 g/mol. The van der Waals surface area contributed by atoms with Gasteiger partial charge in [0.15, 0.2) is 0 Å². The molecule has 0 amide bonds. The number of ether oxygens (including phenoxy) is 1. The van der Waals surface area contributed by atoms with Crippen LogP contribution >= 0.6 is 225 Å². The van der Waals surface area contributed by atoms with Crippen molar-refractivity contribution in [1.82, 2.24) is 0 Å². The molecule has 0 N–H and O–H groups in total. The molecule has 52 heavy (non-hydrogen) atoms. The normalized spacial score (nSPS) is 16.3. The summed E-state index contributed by atoms with van der Waals surface area (Å²) in [6.45, 7) is 14.8. The zero-order valence-electron chi connectivity index (χ0n) is 31.4. The molecule has 3 nitrogen and oxygen atoms in total. The summed E-state index contributed by atoms with van der Waals surface area (Å²) < 4.78 is 4.56. The van der Waals surface area contributed by atoms with Gasteiger partial charge in [-0.2, -0.15) is 0 Å². The van der Waals surface area contributed by atoms with Gasteiger partial charge in [0.1, 0.15) is 6.29 Å². The van der Waals surface area contributed by atoms with Gasteiger partial charge >= 0.3 is 5.97 Å². The topological polar surface area (TPSA) is 43.4 Å². The van der Waals surface area contributed by atoms with E-state index in [0.29, 0.717) is 17.8 Å². The second-order valence-corrected chi connectivity index (χ2v) is 123. The molecule has 17 unspecified atom stereocenters. The highest BCUT2D eigenvalue weighted by atomic mass is 33.5. The standard InChI is InChI=1S/C14H24O2.C7H14O.H30P28/c1-6-12(3)13(4)9-7-8-11(2)10-14(15)16-5;1-4-6(2)7(3)5-8;1-16(2)23(15)27(24(17(3)4)18(5)6)28(25(19(7)8)20(9)10)26(21(11)12)22(13)14/h7,9-10,12-13H,6,8H2,1-5H3;5-7H,4H2,1-3H3;1-15H2/b9-7+,11-10+;;/t12-,13-;6-,7-;/m00./s1. The van der Waals surface area contributed by atoms with Crippen molar-refractivity contribution >= 4 is 237 Å². The van der Waals surface area contributed by atoms with Crippen LogP contribution in [0, 0.1) is 23.7 Å². The Hall–Kier alpha value is 10.7. The van der Waals surface area contributed by atoms with Gasteiger partial charge in [-0.3, -0.25) is 0 Å². The Kier molecular flexibility index (Phi) is 51.0. The number of hydrogen-bond acceptors (Lipinski definition) is 3. The Bertz CT molecular complexity index is 956. The number of methoxy groups -OCH3 is 1.